The van der Waals surface area contributed by atoms with Gasteiger partial charge in [-0.3, -0.25) is 0 Å². The minimum atomic E-state index is 0.733. The highest BCUT2D eigenvalue weighted by atomic mass is 15.2. The van der Waals surface area contributed by atoms with Crippen molar-refractivity contribution in [2.75, 3.05) is 13.1 Å². The topological polar surface area (TPSA) is 3.24 Å². The molecule has 2 heterocycles. The lowest BCUT2D eigenvalue weighted by molar-refractivity contribution is -0.0367. The van der Waals surface area contributed by atoms with Crippen molar-refractivity contribution in [2.45, 2.75) is 33.2 Å². The Morgan fingerprint density at radius 2 is 1.85 bits per heavy atom. The zero-order valence-electron chi connectivity index (χ0n) is 9.09. The minimum absolute atomic E-state index is 0.733. The molecule has 3 aliphatic rings. The summed E-state index contributed by atoms with van der Waals surface area (Å²) in [4.78, 5) is 2.62. The molecule has 2 saturated heterocycles. The molecule has 3 fully saturated rings. The zero-order chi connectivity index (χ0) is 9.59. The van der Waals surface area contributed by atoms with Gasteiger partial charge in [0.15, 0.2) is 0 Å². The van der Waals surface area contributed by atoms with Gasteiger partial charge in [0.1, 0.15) is 0 Å². The molecule has 0 aromatic carbocycles. The van der Waals surface area contributed by atoms with E-state index in [9.17, 15) is 0 Å². The maximum Gasteiger partial charge on any atom is 0.00388 e. The van der Waals surface area contributed by atoms with Crippen LogP contribution in [0.25, 0.3) is 0 Å². The third-order valence-corrected chi connectivity index (χ3v) is 3.86. The van der Waals surface area contributed by atoms with Gasteiger partial charge in [-0.15, -0.1) is 0 Å². The van der Waals surface area contributed by atoms with E-state index in [-0.39, 0.29) is 0 Å². The smallest absolute Gasteiger partial charge is 0.00388 e. The van der Waals surface area contributed by atoms with Gasteiger partial charge in [0.25, 0.3) is 0 Å². The third kappa shape index (κ3) is 1.43. The fourth-order valence-electron chi connectivity index (χ4n) is 3.15. The molecule has 0 amide bonds. The monoisotopic (exact) mass is 179 g/mol. The van der Waals surface area contributed by atoms with Crippen LogP contribution in [-0.4, -0.2) is 24.0 Å². The Hall–Kier alpha value is -0.300. The summed E-state index contributed by atoms with van der Waals surface area (Å²) in [7, 11) is 0. The summed E-state index contributed by atoms with van der Waals surface area (Å²) in [5, 5.41) is 0. The van der Waals surface area contributed by atoms with E-state index in [1.165, 1.54) is 25.1 Å². The Bertz CT molecular complexity index is 207. The van der Waals surface area contributed by atoms with Gasteiger partial charge in [-0.1, -0.05) is 12.2 Å². The fraction of sp³-hybridized carbons (Fsp3) is 0.833. The van der Waals surface area contributed by atoms with Crippen molar-refractivity contribution < 1.29 is 0 Å². The average molecular weight is 179 g/mol. The molecule has 1 nitrogen and oxygen atoms in total. The van der Waals surface area contributed by atoms with Crippen LogP contribution in [0.15, 0.2) is 12.2 Å². The van der Waals surface area contributed by atoms with Crippen LogP contribution in [0.4, 0.5) is 0 Å². The van der Waals surface area contributed by atoms with E-state index in [1.807, 2.05) is 0 Å². The highest BCUT2D eigenvalue weighted by Gasteiger charge is 2.46. The van der Waals surface area contributed by atoms with Crippen LogP contribution >= 0.6 is 0 Å². The fourth-order valence-corrected chi connectivity index (χ4v) is 3.15. The second kappa shape index (κ2) is 3.13. The molecule has 13 heavy (non-hydrogen) atoms. The molecule has 3 rings (SSSR count). The molecule has 3 atom stereocenters. The standard InChI is InChI=1S/C12H21N/c1-8(2)12-10-5-11(12)7-13(6-10)9(3)4/h9-12H,1,5-7H2,2-4H3/t10-,11?,12?/m0/s1. The largest absolute Gasteiger partial charge is 0.300 e. The zero-order valence-corrected chi connectivity index (χ0v) is 9.09. The molecule has 2 bridgehead atoms. The van der Waals surface area contributed by atoms with Crippen LogP contribution in [0.3, 0.4) is 0 Å². The van der Waals surface area contributed by atoms with Gasteiger partial charge in [-0.2, -0.15) is 0 Å². The maximum atomic E-state index is 4.11. The molecule has 74 valence electrons. The summed E-state index contributed by atoms with van der Waals surface area (Å²) in [6.45, 7) is 13.5. The van der Waals surface area contributed by atoms with Crippen molar-refractivity contribution in [1.82, 2.24) is 4.90 Å². The van der Waals surface area contributed by atoms with E-state index in [1.54, 1.807) is 0 Å². The van der Waals surface area contributed by atoms with Crippen molar-refractivity contribution in [1.29, 1.82) is 0 Å². The van der Waals surface area contributed by atoms with Gasteiger partial charge in [0.2, 0.25) is 0 Å². The Kier molecular flexibility index (Phi) is 2.23. The van der Waals surface area contributed by atoms with E-state index >= 15 is 0 Å². The SMILES string of the molecule is C=C(C)C1C2C[C@H]1CN(C(C)C)C2. The first-order chi connectivity index (χ1) is 6.09. The number of rotatable bonds is 2. The number of nitrogens with zero attached hydrogens (tertiary/aromatic N) is 1. The summed E-state index contributed by atoms with van der Waals surface area (Å²) in [6.07, 6.45) is 1.46. The predicted octanol–water partition coefficient (Wildman–Crippen LogP) is 2.54. The molecule has 0 N–H and O–H groups in total. The molecule has 2 unspecified atom stereocenters. The quantitative estimate of drug-likeness (QED) is 0.589. The molecule has 0 aromatic heterocycles. The van der Waals surface area contributed by atoms with Crippen LogP contribution in [0, 0.1) is 17.8 Å². The number of hydrogen-bond donors (Lipinski definition) is 0. The molecule has 0 spiro atoms. The first-order valence-electron chi connectivity index (χ1n) is 5.49. The van der Waals surface area contributed by atoms with Gasteiger partial charge >= 0.3 is 0 Å². The van der Waals surface area contributed by atoms with E-state index < -0.39 is 0 Å². The van der Waals surface area contributed by atoms with E-state index in [4.69, 9.17) is 0 Å². The molecule has 0 radical (unpaired) electrons. The van der Waals surface area contributed by atoms with Crippen molar-refractivity contribution in [3.05, 3.63) is 12.2 Å². The van der Waals surface area contributed by atoms with E-state index in [0.29, 0.717) is 0 Å². The number of fused-ring (bicyclic) bond motifs is 2. The number of hydrogen-bond acceptors (Lipinski definition) is 1. The van der Waals surface area contributed by atoms with Crippen LogP contribution in [0.2, 0.25) is 0 Å². The van der Waals surface area contributed by atoms with Crippen LogP contribution in [0.1, 0.15) is 27.2 Å². The van der Waals surface area contributed by atoms with Crippen molar-refractivity contribution >= 4 is 0 Å². The van der Waals surface area contributed by atoms with Gasteiger partial charge in [0, 0.05) is 19.1 Å². The highest BCUT2D eigenvalue weighted by Crippen LogP contribution is 2.48. The normalized spacial score (nSPS) is 38.9. The van der Waals surface area contributed by atoms with Gasteiger partial charge in [-0.25, -0.2) is 0 Å². The van der Waals surface area contributed by atoms with E-state index in [0.717, 1.165) is 23.8 Å². The Labute approximate surface area is 81.8 Å². The van der Waals surface area contributed by atoms with Crippen LogP contribution < -0.4 is 0 Å². The Morgan fingerprint density at radius 3 is 2.23 bits per heavy atom. The maximum absolute atomic E-state index is 4.11. The van der Waals surface area contributed by atoms with Crippen LogP contribution in [0.5, 0.6) is 0 Å². The lowest BCUT2D eigenvalue weighted by atomic mass is 9.59. The molecule has 1 saturated carbocycles. The average Bonchev–Trinajstić information content (AvgIpc) is 2.03. The Morgan fingerprint density at radius 1 is 1.31 bits per heavy atom. The molecule has 0 aromatic rings. The second-order valence-electron chi connectivity index (χ2n) is 5.18. The van der Waals surface area contributed by atoms with Gasteiger partial charge < -0.3 is 4.90 Å². The highest BCUT2D eigenvalue weighted by molar-refractivity contribution is 5.11. The van der Waals surface area contributed by atoms with Crippen molar-refractivity contribution in [3.63, 3.8) is 0 Å². The number of piperidine rings is 2. The summed E-state index contributed by atoms with van der Waals surface area (Å²) in [6, 6.07) is 0.733. The first-order valence-corrected chi connectivity index (χ1v) is 5.49. The third-order valence-electron chi connectivity index (χ3n) is 3.86. The molecule has 1 aliphatic carbocycles. The molecular weight excluding hydrogens is 158 g/mol. The molecule has 2 aliphatic heterocycles. The summed E-state index contributed by atoms with van der Waals surface area (Å²) < 4.78 is 0. The number of allylic oxidation sites excluding steroid dienone is 1. The Balaban J connectivity index is 1.98. The lowest BCUT2D eigenvalue weighted by Crippen LogP contribution is -2.57. The van der Waals surface area contributed by atoms with Crippen LogP contribution in [-0.2, 0) is 0 Å². The van der Waals surface area contributed by atoms with Gasteiger partial charge in [-0.05, 0) is 44.9 Å². The predicted molar refractivity (Wildman–Crippen MR) is 56.6 cm³/mol. The summed E-state index contributed by atoms with van der Waals surface area (Å²) in [5.74, 6) is 2.72. The molecular formula is C12H21N. The second-order valence-corrected chi connectivity index (χ2v) is 5.18. The summed E-state index contributed by atoms with van der Waals surface area (Å²) >= 11 is 0. The molecule has 1 heteroatoms. The van der Waals surface area contributed by atoms with E-state index in [2.05, 4.69) is 32.3 Å². The first kappa shape index (κ1) is 9.26. The van der Waals surface area contributed by atoms with Crippen molar-refractivity contribution in [3.8, 4) is 0 Å². The summed E-state index contributed by atoms with van der Waals surface area (Å²) in [5.41, 5.74) is 1.42. The lowest BCUT2D eigenvalue weighted by Gasteiger charge is -2.55. The van der Waals surface area contributed by atoms with Crippen molar-refractivity contribution in [2.24, 2.45) is 17.8 Å². The van der Waals surface area contributed by atoms with Gasteiger partial charge in [0.05, 0.1) is 0 Å². The minimum Gasteiger partial charge on any atom is -0.300 e.